The quantitative estimate of drug-likeness (QED) is 0.197. The molecular weight excluding hydrogens is 494 g/mol. The first kappa shape index (κ1) is 26.7. The summed E-state index contributed by atoms with van der Waals surface area (Å²) in [6.45, 7) is 0. The molecule has 4 aromatic rings. The zero-order valence-corrected chi connectivity index (χ0v) is 22.4. The van der Waals surface area contributed by atoms with Crippen molar-refractivity contribution in [1.29, 1.82) is 0 Å². The second kappa shape index (κ2) is 10.7. The van der Waals surface area contributed by atoms with Crippen LogP contribution in [0.3, 0.4) is 0 Å². The number of rotatable bonds is 8. The molecule has 1 aliphatic rings. The van der Waals surface area contributed by atoms with Crippen molar-refractivity contribution in [1.82, 2.24) is 4.48 Å². The Labute approximate surface area is 228 Å². The number of nitrogens with zero attached hydrogens (tertiary/aromatic N) is 2. The van der Waals surface area contributed by atoms with Gasteiger partial charge in [0.05, 0.1) is 39.2 Å². The first-order valence-corrected chi connectivity index (χ1v) is 13.2. The van der Waals surface area contributed by atoms with E-state index < -0.39 is 6.10 Å². The second-order valence-corrected chi connectivity index (χ2v) is 11.1. The van der Waals surface area contributed by atoms with Crippen LogP contribution in [0.25, 0.3) is 11.1 Å². The van der Waals surface area contributed by atoms with Crippen LogP contribution in [0.2, 0.25) is 0 Å². The maximum Gasteiger partial charge on any atom is 0.233 e. The number of carbonyl (C=O) groups excluding carboxylic acids is 1. The molecule has 5 rings (SSSR count). The summed E-state index contributed by atoms with van der Waals surface area (Å²) in [7, 11) is 6.40. The van der Waals surface area contributed by atoms with Crippen molar-refractivity contribution in [3.8, 4) is 11.1 Å². The lowest BCUT2D eigenvalue weighted by atomic mass is 9.78. The Morgan fingerprint density at radius 2 is 1.44 bits per heavy atom. The Hall–Kier alpha value is -3.87. The minimum absolute atomic E-state index is 0.0577. The van der Waals surface area contributed by atoms with Crippen LogP contribution in [-0.2, 0) is 4.79 Å². The van der Waals surface area contributed by atoms with Gasteiger partial charge in [0.25, 0.3) is 0 Å². The number of quaternary nitrogens is 1. The van der Waals surface area contributed by atoms with Crippen molar-refractivity contribution in [2.75, 3.05) is 26.0 Å². The molecule has 0 bridgehead atoms. The molecule has 0 aromatic heterocycles. The van der Waals surface area contributed by atoms with E-state index in [-0.39, 0.29) is 29.5 Å². The Morgan fingerprint density at radius 1 is 0.821 bits per heavy atom. The molecule has 1 amide bonds. The fraction of sp³-hybridized carbons (Fsp3) is 0.242. The number of hydrogen-bond acceptors (Lipinski definition) is 2. The highest BCUT2D eigenvalue weighted by Gasteiger charge is 2.48. The Kier molecular flexibility index (Phi) is 7.34. The van der Waals surface area contributed by atoms with Crippen LogP contribution < -0.4 is 9.38 Å². The molecule has 1 saturated heterocycles. The van der Waals surface area contributed by atoms with Crippen molar-refractivity contribution in [2.24, 2.45) is 5.92 Å². The molecule has 0 spiro atoms. The first-order chi connectivity index (χ1) is 18.6. The highest BCUT2D eigenvalue weighted by Crippen LogP contribution is 2.46. The van der Waals surface area contributed by atoms with Gasteiger partial charge in [-0.1, -0.05) is 48.5 Å². The van der Waals surface area contributed by atoms with E-state index in [1.807, 2.05) is 12.1 Å². The number of anilines is 1. The predicted molar refractivity (Wildman–Crippen MR) is 152 cm³/mol. The van der Waals surface area contributed by atoms with Crippen LogP contribution in [-0.4, -0.2) is 32.2 Å². The van der Waals surface area contributed by atoms with Gasteiger partial charge in [-0.25, -0.2) is 8.78 Å². The van der Waals surface area contributed by atoms with Crippen LogP contribution in [0.15, 0.2) is 97.1 Å². The molecule has 39 heavy (non-hydrogen) atoms. The minimum Gasteiger partial charge on any atom is -0.388 e. The minimum atomic E-state index is -0.796. The normalized spacial score (nSPS) is 18.1. The van der Waals surface area contributed by atoms with E-state index in [2.05, 4.69) is 57.5 Å². The summed E-state index contributed by atoms with van der Waals surface area (Å²) in [5.41, 5.74) is 5.63. The average molecular weight is 528 g/mol. The highest BCUT2D eigenvalue weighted by molar-refractivity contribution is 6.03. The molecule has 3 atom stereocenters. The van der Waals surface area contributed by atoms with E-state index in [4.69, 9.17) is 0 Å². The molecule has 0 aliphatic carbocycles. The molecule has 4 nitrogen and oxygen atoms in total. The van der Waals surface area contributed by atoms with Crippen molar-refractivity contribution < 1.29 is 18.7 Å². The number of benzene rings is 4. The van der Waals surface area contributed by atoms with E-state index in [1.165, 1.54) is 30.0 Å². The van der Waals surface area contributed by atoms with E-state index in [1.54, 1.807) is 29.2 Å². The maximum atomic E-state index is 13.6. The number of hydrogen-bond donors (Lipinski definition) is 1. The number of halogens is 2. The van der Waals surface area contributed by atoms with Gasteiger partial charge in [-0.2, -0.15) is 0 Å². The molecule has 6 heteroatoms. The van der Waals surface area contributed by atoms with Gasteiger partial charge < -0.3 is 10.0 Å². The number of aliphatic hydroxyl groups excluding tert-OH is 1. The molecule has 200 valence electrons. The summed E-state index contributed by atoms with van der Waals surface area (Å²) >= 11 is 0. The van der Waals surface area contributed by atoms with E-state index in [0.717, 1.165) is 16.7 Å². The summed E-state index contributed by atoms with van der Waals surface area (Å²) in [6, 6.07) is 28.2. The van der Waals surface area contributed by atoms with Gasteiger partial charge >= 0.3 is 0 Å². The third kappa shape index (κ3) is 5.63. The molecule has 3 unspecified atom stereocenters. The summed E-state index contributed by atoms with van der Waals surface area (Å²) in [4.78, 5) is 15.1. The highest BCUT2D eigenvalue weighted by atomic mass is 19.1. The molecule has 1 fully saturated rings. The van der Waals surface area contributed by atoms with Crippen molar-refractivity contribution in [3.05, 3.63) is 120 Å². The van der Waals surface area contributed by atoms with E-state index >= 15 is 0 Å². The average Bonchev–Trinajstić information content (AvgIpc) is 2.93. The topological polar surface area (TPSA) is 40.5 Å². The third-order valence-corrected chi connectivity index (χ3v) is 7.53. The molecule has 0 saturated carbocycles. The van der Waals surface area contributed by atoms with Gasteiger partial charge in [0.1, 0.15) is 17.3 Å². The van der Waals surface area contributed by atoms with Crippen LogP contribution in [0.4, 0.5) is 20.2 Å². The first-order valence-electron chi connectivity index (χ1n) is 13.2. The lowest BCUT2D eigenvalue weighted by molar-refractivity contribution is -0.131. The SMILES string of the molecule is C[N+](C)(C)c1cccc(-c2ccc(C3C(CCC(O)c4ccc(F)cc4)C(=O)N3c3ccc(F)cc3)cc2)c1. The van der Waals surface area contributed by atoms with Crippen LogP contribution in [0.5, 0.6) is 0 Å². The van der Waals surface area contributed by atoms with Crippen LogP contribution in [0.1, 0.15) is 36.1 Å². The summed E-state index contributed by atoms with van der Waals surface area (Å²) < 4.78 is 27.6. The van der Waals surface area contributed by atoms with Crippen molar-refractivity contribution in [3.63, 3.8) is 0 Å². The van der Waals surface area contributed by atoms with Gasteiger partial charge in [0.2, 0.25) is 5.91 Å². The molecular formula is C33H33F2N2O2+. The monoisotopic (exact) mass is 527 g/mol. The molecule has 4 aromatic carbocycles. The lowest BCUT2D eigenvalue weighted by Crippen LogP contribution is -2.55. The Balaban J connectivity index is 1.40. The fourth-order valence-corrected chi connectivity index (χ4v) is 5.27. The van der Waals surface area contributed by atoms with Gasteiger partial charge in [-0.3, -0.25) is 9.28 Å². The summed E-state index contributed by atoms with van der Waals surface area (Å²) in [5, 5.41) is 10.7. The van der Waals surface area contributed by atoms with E-state index in [9.17, 15) is 18.7 Å². The number of amides is 1. The van der Waals surface area contributed by atoms with Gasteiger partial charge in [0.15, 0.2) is 0 Å². The molecule has 1 heterocycles. The lowest BCUT2D eigenvalue weighted by Gasteiger charge is -2.48. The number of carbonyl (C=O) groups is 1. The predicted octanol–water partition coefficient (Wildman–Crippen LogP) is 7.05. The van der Waals surface area contributed by atoms with Crippen molar-refractivity contribution in [2.45, 2.75) is 25.0 Å². The fourth-order valence-electron chi connectivity index (χ4n) is 5.27. The smallest absolute Gasteiger partial charge is 0.233 e. The summed E-state index contributed by atoms with van der Waals surface area (Å²) in [5.74, 6) is -1.11. The van der Waals surface area contributed by atoms with Gasteiger partial charge in [-0.05, 0) is 77.6 Å². The van der Waals surface area contributed by atoms with Gasteiger partial charge in [0, 0.05) is 11.8 Å². The summed E-state index contributed by atoms with van der Waals surface area (Å²) in [6.07, 6.45) is 0.0356. The largest absolute Gasteiger partial charge is 0.388 e. The zero-order valence-electron chi connectivity index (χ0n) is 22.4. The zero-order chi connectivity index (χ0) is 27.7. The molecule has 1 N–H and O–H groups in total. The van der Waals surface area contributed by atoms with E-state index in [0.29, 0.717) is 28.6 Å². The Morgan fingerprint density at radius 3 is 2.05 bits per heavy atom. The maximum absolute atomic E-state index is 13.6. The third-order valence-electron chi connectivity index (χ3n) is 7.53. The molecule has 0 radical (unpaired) electrons. The molecule has 1 aliphatic heterocycles. The van der Waals surface area contributed by atoms with Gasteiger partial charge in [-0.15, -0.1) is 0 Å². The number of aliphatic hydroxyl groups is 1. The Bertz CT molecular complexity index is 1450. The second-order valence-electron chi connectivity index (χ2n) is 11.1. The number of β-lactam (4-membered cyclic amide) rings is 1. The van der Waals surface area contributed by atoms with Crippen LogP contribution in [0, 0.1) is 17.6 Å². The van der Waals surface area contributed by atoms with Crippen molar-refractivity contribution >= 4 is 17.3 Å². The van der Waals surface area contributed by atoms with Crippen LogP contribution >= 0.6 is 0 Å². The standard InChI is InChI=1S/C33H33F2N2O2/c1-37(2,3)29-6-4-5-25(21-29)22-7-9-24(10-8-22)32-30(19-20-31(38)23-11-13-26(34)14-12-23)33(39)36(32)28-17-15-27(35)16-18-28/h4-18,21,30-32,38H,19-20H2,1-3H3/q+1.